The zero-order valence-corrected chi connectivity index (χ0v) is 9.92. The Labute approximate surface area is 104 Å². The summed E-state index contributed by atoms with van der Waals surface area (Å²) in [4.78, 5) is 26.7. The van der Waals surface area contributed by atoms with Gasteiger partial charge in [-0.15, -0.1) is 0 Å². The predicted octanol–water partition coefficient (Wildman–Crippen LogP) is 1.14. The quantitative estimate of drug-likeness (QED) is 0.839. The van der Waals surface area contributed by atoms with E-state index in [1.54, 1.807) is 0 Å². The Bertz CT molecular complexity index is 475. The molecule has 2 atom stereocenters. The zero-order valence-electron chi connectivity index (χ0n) is 9.92. The van der Waals surface area contributed by atoms with E-state index in [1.807, 2.05) is 6.92 Å². The minimum absolute atomic E-state index is 0.0159. The largest absolute Gasteiger partial charge is 0.478 e. The first-order chi connectivity index (χ1) is 8.58. The number of ether oxygens (including phenoxy) is 1. The Hall–Kier alpha value is -1.95. The van der Waals surface area contributed by atoms with E-state index in [-0.39, 0.29) is 29.3 Å². The molecule has 1 aromatic heterocycles. The second-order valence-electron chi connectivity index (χ2n) is 4.27. The summed E-state index contributed by atoms with van der Waals surface area (Å²) in [6.07, 6.45) is 2.14. The highest BCUT2D eigenvalue weighted by molar-refractivity contribution is 5.99. The number of nitrogens with one attached hydrogen (secondary N) is 1. The van der Waals surface area contributed by atoms with E-state index in [9.17, 15) is 9.59 Å². The van der Waals surface area contributed by atoms with Crippen molar-refractivity contribution in [1.29, 1.82) is 0 Å². The summed E-state index contributed by atoms with van der Waals surface area (Å²) in [7, 11) is 0. The van der Waals surface area contributed by atoms with Gasteiger partial charge in [0.25, 0.3) is 0 Å². The Morgan fingerprint density at radius 1 is 1.56 bits per heavy atom. The van der Waals surface area contributed by atoms with Crippen molar-refractivity contribution in [1.82, 2.24) is 4.98 Å². The Morgan fingerprint density at radius 3 is 2.94 bits per heavy atom. The van der Waals surface area contributed by atoms with Crippen LogP contribution in [0.25, 0.3) is 0 Å². The lowest BCUT2D eigenvalue weighted by Gasteiger charge is -2.10. The zero-order chi connectivity index (χ0) is 13.1. The minimum Gasteiger partial charge on any atom is -0.478 e. The van der Waals surface area contributed by atoms with Crippen molar-refractivity contribution >= 4 is 17.7 Å². The van der Waals surface area contributed by atoms with Gasteiger partial charge in [-0.25, -0.2) is 9.78 Å². The summed E-state index contributed by atoms with van der Waals surface area (Å²) in [5.74, 6) is -1.53. The molecule has 2 heterocycles. The molecular weight excluding hydrogens is 236 g/mol. The molecule has 2 N–H and O–H groups in total. The van der Waals surface area contributed by atoms with Crippen LogP contribution in [0.5, 0.6) is 0 Å². The number of carbonyl (C=O) groups excluding carboxylic acids is 1. The number of aromatic carboxylic acids is 1. The van der Waals surface area contributed by atoms with Crippen LogP contribution in [0.3, 0.4) is 0 Å². The lowest BCUT2D eigenvalue weighted by atomic mass is 10.1. The molecular formula is C12H14N2O4. The fourth-order valence-corrected chi connectivity index (χ4v) is 1.90. The molecule has 1 aromatic rings. The fourth-order valence-electron chi connectivity index (χ4n) is 1.90. The highest BCUT2D eigenvalue weighted by Gasteiger charge is 2.29. The van der Waals surface area contributed by atoms with Gasteiger partial charge in [-0.1, -0.05) is 0 Å². The summed E-state index contributed by atoms with van der Waals surface area (Å²) >= 11 is 0. The number of rotatable bonds is 3. The van der Waals surface area contributed by atoms with E-state index >= 15 is 0 Å². The van der Waals surface area contributed by atoms with Crippen LogP contribution in [0, 0.1) is 5.92 Å². The van der Waals surface area contributed by atoms with E-state index in [4.69, 9.17) is 9.84 Å². The number of carbonyl (C=O) groups is 2. The lowest BCUT2D eigenvalue weighted by molar-refractivity contribution is -0.119. The molecule has 1 aliphatic rings. The smallest absolute Gasteiger partial charge is 0.339 e. The molecule has 0 aliphatic carbocycles. The number of nitrogens with zero attached hydrogens (tertiary/aromatic N) is 1. The molecule has 0 spiro atoms. The van der Waals surface area contributed by atoms with Crippen LogP contribution in [-0.4, -0.2) is 34.7 Å². The second kappa shape index (κ2) is 5.14. The van der Waals surface area contributed by atoms with Crippen molar-refractivity contribution in [3.05, 3.63) is 23.9 Å². The van der Waals surface area contributed by atoms with E-state index in [0.717, 1.165) is 0 Å². The molecule has 0 bridgehead atoms. The highest BCUT2D eigenvalue weighted by atomic mass is 16.5. The van der Waals surface area contributed by atoms with E-state index in [2.05, 4.69) is 10.3 Å². The maximum Gasteiger partial charge on any atom is 0.339 e. The molecule has 0 saturated carbocycles. The van der Waals surface area contributed by atoms with Gasteiger partial charge in [-0.2, -0.15) is 0 Å². The molecule has 1 amide bonds. The van der Waals surface area contributed by atoms with Gasteiger partial charge in [0, 0.05) is 6.20 Å². The molecule has 1 saturated heterocycles. The number of carboxylic acid groups (broad SMARTS) is 1. The van der Waals surface area contributed by atoms with E-state index in [0.29, 0.717) is 13.0 Å². The van der Waals surface area contributed by atoms with E-state index in [1.165, 1.54) is 18.3 Å². The van der Waals surface area contributed by atoms with Crippen LogP contribution in [-0.2, 0) is 9.53 Å². The standard InChI is InChI=1S/C12H14N2O4/c1-7-5-8(6-18-7)11(15)14-10-9(12(16)17)3-2-4-13-10/h2-4,7-8H,5-6H2,1H3,(H,16,17)(H,13,14,15). The van der Waals surface area contributed by atoms with E-state index < -0.39 is 5.97 Å². The van der Waals surface area contributed by atoms with Crippen LogP contribution in [0.15, 0.2) is 18.3 Å². The molecule has 6 heteroatoms. The first-order valence-electron chi connectivity index (χ1n) is 5.68. The topological polar surface area (TPSA) is 88.5 Å². The molecule has 0 radical (unpaired) electrons. The molecule has 2 rings (SSSR count). The average Bonchev–Trinajstić information content (AvgIpc) is 2.76. The predicted molar refractivity (Wildman–Crippen MR) is 63.3 cm³/mol. The van der Waals surface area contributed by atoms with Gasteiger partial charge < -0.3 is 15.2 Å². The second-order valence-corrected chi connectivity index (χ2v) is 4.27. The Morgan fingerprint density at radius 2 is 2.33 bits per heavy atom. The number of pyridine rings is 1. The van der Waals surface area contributed by atoms with Gasteiger partial charge >= 0.3 is 5.97 Å². The summed E-state index contributed by atoms with van der Waals surface area (Å²) < 4.78 is 5.30. The van der Waals surface area contributed by atoms with Gasteiger partial charge in [0.15, 0.2) is 0 Å². The number of amides is 1. The third-order valence-corrected chi connectivity index (χ3v) is 2.85. The maximum absolute atomic E-state index is 11.9. The number of anilines is 1. The SMILES string of the molecule is CC1CC(C(=O)Nc2ncccc2C(=O)O)CO1. The van der Waals surface area contributed by atoms with Crippen molar-refractivity contribution < 1.29 is 19.4 Å². The molecule has 2 unspecified atom stereocenters. The van der Waals surface area contributed by atoms with Crippen LogP contribution in [0.1, 0.15) is 23.7 Å². The van der Waals surface area contributed by atoms with Crippen molar-refractivity contribution in [2.75, 3.05) is 11.9 Å². The number of hydrogen-bond donors (Lipinski definition) is 2. The van der Waals surface area contributed by atoms with Gasteiger partial charge in [0.2, 0.25) is 5.91 Å². The van der Waals surface area contributed by atoms with Crippen LogP contribution in [0.4, 0.5) is 5.82 Å². The first-order valence-corrected chi connectivity index (χ1v) is 5.68. The highest BCUT2D eigenvalue weighted by Crippen LogP contribution is 2.21. The van der Waals surface area contributed by atoms with Crippen LogP contribution in [0.2, 0.25) is 0 Å². The van der Waals surface area contributed by atoms with Crippen molar-refractivity contribution in [3.8, 4) is 0 Å². The van der Waals surface area contributed by atoms with Gasteiger partial charge in [-0.05, 0) is 25.5 Å². The van der Waals surface area contributed by atoms with Crippen LogP contribution >= 0.6 is 0 Å². The van der Waals surface area contributed by atoms with Gasteiger partial charge in [0.05, 0.1) is 18.6 Å². The normalized spacial score (nSPS) is 22.7. The van der Waals surface area contributed by atoms with Gasteiger partial charge in [0.1, 0.15) is 11.4 Å². The summed E-state index contributed by atoms with van der Waals surface area (Å²) in [5.41, 5.74) is -0.0159. The molecule has 18 heavy (non-hydrogen) atoms. The monoisotopic (exact) mass is 250 g/mol. The lowest BCUT2D eigenvalue weighted by Crippen LogP contribution is -2.24. The molecule has 1 aliphatic heterocycles. The number of aromatic nitrogens is 1. The Balaban J connectivity index is 2.09. The van der Waals surface area contributed by atoms with Crippen LogP contribution < -0.4 is 5.32 Å². The molecule has 0 aromatic carbocycles. The number of hydrogen-bond acceptors (Lipinski definition) is 4. The molecule has 6 nitrogen and oxygen atoms in total. The minimum atomic E-state index is -1.12. The maximum atomic E-state index is 11.9. The molecule has 1 fully saturated rings. The van der Waals surface area contributed by atoms with Crippen molar-refractivity contribution in [2.24, 2.45) is 5.92 Å². The Kier molecular flexibility index (Phi) is 3.57. The van der Waals surface area contributed by atoms with Crippen molar-refractivity contribution in [3.63, 3.8) is 0 Å². The third kappa shape index (κ3) is 2.65. The average molecular weight is 250 g/mol. The summed E-state index contributed by atoms with van der Waals surface area (Å²) in [5, 5.41) is 11.5. The summed E-state index contributed by atoms with van der Waals surface area (Å²) in [6.45, 7) is 2.26. The fraction of sp³-hybridized carbons (Fsp3) is 0.417. The first kappa shape index (κ1) is 12.5. The summed E-state index contributed by atoms with van der Waals surface area (Å²) in [6, 6.07) is 2.92. The number of carboxylic acids is 1. The van der Waals surface area contributed by atoms with Crippen molar-refractivity contribution in [2.45, 2.75) is 19.4 Å². The third-order valence-electron chi connectivity index (χ3n) is 2.85. The van der Waals surface area contributed by atoms with Gasteiger partial charge in [-0.3, -0.25) is 4.79 Å². The molecule has 96 valence electrons.